The van der Waals surface area contributed by atoms with E-state index >= 15 is 0 Å². The summed E-state index contributed by atoms with van der Waals surface area (Å²) in [5.41, 5.74) is 8.33. The molecule has 0 amide bonds. The van der Waals surface area contributed by atoms with Gasteiger partial charge in [0.15, 0.2) is 0 Å². The van der Waals surface area contributed by atoms with Crippen LogP contribution in [0.1, 0.15) is 32.3 Å². The second kappa shape index (κ2) is 8.81. The average molecular weight is 315 g/mol. The lowest BCUT2D eigenvalue weighted by Gasteiger charge is -2.27. The molecule has 2 nitrogen and oxygen atoms in total. The first-order valence-corrected chi connectivity index (χ1v) is 9.02. The summed E-state index contributed by atoms with van der Waals surface area (Å²) in [7, 11) is 2.13. The van der Waals surface area contributed by atoms with E-state index in [1.807, 2.05) is 11.8 Å². The Labute approximate surface area is 133 Å². The van der Waals surface area contributed by atoms with Crippen molar-refractivity contribution in [2.45, 2.75) is 45.2 Å². The van der Waals surface area contributed by atoms with Gasteiger partial charge >= 0.3 is 0 Å². The normalized spacial score (nSPS) is 14.1. The molecular formula is C16H27ClN2S. The second-order valence-electron chi connectivity index (χ2n) is 5.39. The van der Waals surface area contributed by atoms with Gasteiger partial charge in [-0.2, -0.15) is 11.8 Å². The standard InChI is InChI=1S/C16H27ClN2S/c1-5-14(18)10-13-6-7-15(11-16(13)17)19(3)12(2)8-9-20-4/h6-7,11-12,14H,5,8-10,18H2,1-4H3. The first-order valence-electron chi connectivity index (χ1n) is 7.25. The minimum absolute atomic E-state index is 0.191. The Hall–Kier alpha value is -0.380. The molecule has 0 radical (unpaired) electrons. The van der Waals surface area contributed by atoms with E-state index in [0.29, 0.717) is 6.04 Å². The molecule has 1 aromatic rings. The topological polar surface area (TPSA) is 29.3 Å². The van der Waals surface area contributed by atoms with E-state index in [0.717, 1.165) is 23.4 Å². The van der Waals surface area contributed by atoms with Gasteiger partial charge in [0.2, 0.25) is 0 Å². The molecule has 0 aliphatic heterocycles. The summed E-state index contributed by atoms with van der Waals surface area (Å²) in [6.45, 7) is 4.36. The van der Waals surface area contributed by atoms with E-state index in [-0.39, 0.29) is 6.04 Å². The summed E-state index contributed by atoms with van der Waals surface area (Å²) < 4.78 is 0. The molecule has 0 saturated carbocycles. The van der Waals surface area contributed by atoms with Gasteiger partial charge in [-0.25, -0.2) is 0 Å². The zero-order valence-electron chi connectivity index (χ0n) is 13.0. The minimum atomic E-state index is 0.191. The van der Waals surface area contributed by atoms with Crippen molar-refractivity contribution in [1.29, 1.82) is 0 Å². The number of halogens is 1. The van der Waals surface area contributed by atoms with Crippen LogP contribution < -0.4 is 10.6 Å². The van der Waals surface area contributed by atoms with Crippen molar-refractivity contribution < 1.29 is 0 Å². The number of nitrogens with two attached hydrogens (primary N) is 1. The highest BCUT2D eigenvalue weighted by molar-refractivity contribution is 7.98. The highest BCUT2D eigenvalue weighted by atomic mass is 35.5. The van der Waals surface area contributed by atoms with E-state index in [4.69, 9.17) is 17.3 Å². The number of anilines is 1. The van der Waals surface area contributed by atoms with Gasteiger partial charge in [0.1, 0.15) is 0 Å². The third-order valence-corrected chi connectivity index (χ3v) is 4.85. The molecule has 4 heteroatoms. The zero-order chi connectivity index (χ0) is 15.1. The summed E-state index contributed by atoms with van der Waals surface area (Å²) in [6, 6.07) is 7.04. The van der Waals surface area contributed by atoms with Crippen LogP contribution in [0, 0.1) is 0 Å². The number of hydrogen-bond acceptors (Lipinski definition) is 3. The van der Waals surface area contributed by atoms with Gasteiger partial charge in [-0.1, -0.05) is 24.6 Å². The Balaban J connectivity index is 2.75. The van der Waals surface area contributed by atoms with E-state index in [9.17, 15) is 0 Å². The van der Waals surface area contributed by atoms with E-state index in [2.05, 4.69) is 50.2 Å². The molecule has 0 bridgehead atoms. The Bertz CT molecular complexity index is 411. The lowest BCUT2D eigenvalue weighted by atomic mass is 10.0. The molecule has 114 valence electrons. The summed E-state index contributed by atoms with van der Waals surface area (Å²) >= 11 is 8.29. The van der Waals surface area contributed by atoms with E-state index in [1.165, 1.54) is 17.9 Å². The van der Waals surface area contributed by atoms with Crippen LogP contribution in [0.3, 0.4) is 0 Å². The lowest BCUT2D eigenvalue weighted by molar-refractivity contribution is 0.645. The number of nitrogens with zero attached hydrogens (tertiary/aromatic N) is 1. The summed E-state index contributed by atoms with van der Waals surface area (Å²) in [5.74, 6) is 1.18. The van der Waals surface area contributed by atoms with Gasteiger partial charge in [-0.05, 0) is 55.9 Å². The van der Waals surface area contributed by atoms with Crippen LogP contribution in [0.5, 0.6) is 0 Å². The maximum Gasteiger partial charge on any atom is 0.0459 e. The SMILES string of the molecule is CCC(N)Cc1ccc(N(C)C(C)CCSC)cc1Cl. The fourth-order valence-electron chi connectivity index (χ4n) is 2.08. The smallest absolute Gasteiger partial charge is 0.0459 e. The number of benzene rings is 1. The Morgan fingerprint density at radius 2 is 2.10 bits per heavy atom. The monoisotopic (exact) mass is 314 g/mol. The molecule has 0 aromatic heterocycles. The number of hydrogen-bond donors (Lipinski definition) is 1. The quantitative estimate of drug-likeness (QED) is 0.780. The lowest BCUT2D eigenvalue weighted by Crippen LogP contribution is -2.29. The maximum atomic E-state index is 6.40. The van der Waals surface area contributed by atoms with Crippen LogP contribution in [-0.4, -0.2) is 31.1 Å². The molecule has 0 aliphatic carbocycles. The number of rotatable bonds is 8. The molecule has 20 heavy (non-hydrogen) atoms. The molecule has 0 heterocycles. The van der Waals surface area contributed by atoms with Gasteiger partial charge < -0.3 is 10.6 Å². The second-order valence-corrected chi connectivity index (χ2v) is 6.78. The molecule has 1 rings (SSSR count). The first kappa shape index (κ1) is 17.7. The molecule has 0 fully saturated rings. The van der Waals surface area contributed by atoms with Crippen molar-refractivity contribution >= 4 is 29.1 Å². The molecule has 1 aromatic carbocycles. The van der Waals surface area contributed by atoms with Crippen LogP contribution >= 0.6 is 23.4 Å². The van der Waals surface area contributed by atoms with Crippen molar-refractivity contribution in [2.24, 2.45) is 5.73 Å². The highest BCUT2D eigenvalue weighted by Gasteiger charge is 2.12. The Kier molecular flexibility index (Phi) is 7.78. The summed E-state index contributed by atoms with van der Waals surface area (Å²) in [5, 5.41) is 0.829. The minimum Gasteiger partial charge on any atom is -0.372 e. The molecule has 0 spiro atoms. The van der Waals surface area contributed by atoms with Crippen LogP contribution in [0.4, 0.5) is 5.69 Å². The fourth-order valence-corrected chi connectivity index (χ4v) is 2.91. The molecule has 2 N–H and O–H groups in total. The van der Waals surface area contributed by atoms with Crippen molar-refractivity contribution in [3.63, 3.8) is 0 Å². The van der Waals surface area contributed by atoms with Crippen molar-refractivity contribution in [3.05, 3.63) is 28.8 Å². The highest BCUT2D eigenvalue weighted by Crippen LogP contribution is 2.26. The summed E-state index contributed by atoms with van der Waals surface area (Å²) in [6.07, 6.45) is 5.15. The first-order chi connectivity index (χ1) is 9.49. The predicted octanol–water partition coefficient (Wildman–Crippen LogP) is 4.20. The van der Waals surface area contributed by atoms with Crippen molar-refractivity contribution in [3.8, 4) is 0 Å². The third-order valence-electron chi connectivity index (χ3n) is 3.85. The predicted molar refractivity (Wildman–Crippen MR) is 94.3 cm³/mol. The number of thioether (sulfide) groups is 1. The molecule has 0 saturated heterocycles. The van der Waals surface area contributed by atoms with Gasteiger partial charge in [0.25, 0.3) is 0 Å². The van der Waals surface area contributed by atoms with Gasteiger partial charge in [-0.15, -0.1) is 0 Å². The molecule has 2 unspecified atom stereocenters. The van der Waals surface area contributed by atoms with Crippen LogP contribution in [0.15, 0.2) is 18.2 Å². The molecule has 2 atom stereocenters. The Morgan fingerprint density at radius 3 is 2.65 bits per heavy atom. The van der Waals surface area contributed by atoms with Crippen LogP contribution in [-0.2, 0) is 6.42 Å². The van der Waals surface area contributed by atoms with Crippen LogP contribution in [0.25, 0.3) is 0 Å². The Morgan fingerprint density at radius 1 is 1.40 bits per heavy atom. The summed E-state index contributed by atoms with van der Waals surface area (Å²) in [4.78, 5) is 2.30. The maximum absolute atomic E-state index is 6.40. The fraction of sp³-hybridized carbons (Fsp3) is 0.625. The van der Waals surface area contributed by atoms with Crippen molar-refractivity contribution in [1.82, 2.24) is 0 Å². The average Bonchev–Trinajstić information content (AvgIpc) is 2.45. The van der Waals surface area contributed by atoms with Gasteiger partial charge in [0.05, 0.1) is 0 Å². The third kappa shape index (κ3) is 5.19. The van der Waals surface area contributed by atoms with Crippen LogP contribution in [0.2, 0.25) is 5.02 Å². The molecular weight excluding hydrogens is 288 g/mol. The molecule has 0 aliphatic rings. The zero-order valence-corrected chi connectivity index (χ0v) is 14.6. The van der Waals surface area contributed by atoms with Gasteiger partial charge in [0, 0.05) is 29.8 Å². The van der Waals surface area contributed by atoms with Gasteiger partial charge in [-0.3, -0.25) is 0 Å². The largest absolute Gasteiger partial charge is 0.372 e. The van der Waals surface area contributed by atoms with Crippen molar-refractivity contribution in [2.75, 3.05) is 24.0 Å². The van der Waals surface area contributed by atoms with E-state index in [1.54, 1.807) is 0 Å². The van der Waals surface area contributed by atoms with E-state index < -0.39 is 0 Å².